The molecule has 0 aliphatic carbocycles. The van der Waals surface area contributed by atoms with Crippen LogP contribution in [0.25, 0.3) is 11.1 Å². The topological polar surface area (TPSA) is 95.9 Å². The third kappa shape index (κ3) is 8.12. The van der Waals surface area contributed by atoms with Crippen LogP contribution in [0.3, 0.4) is 0 Å². The number of likely N-dealkylation sites (tertiary alicyclic amines) is 1. The van der Waals surface area contributed by atoms with Crippen LogP contribution in [0.4, 0.5) is 24.5 Å². The first-order valence-corrected chi connectivity index (χ1v) is 17.6. The SMILES string of the molecule is Cc1c(-c2ccc(CN3CCC(C4CCN(c5ccc(NC6CCC(=O)NC6=O)cc5Cl)CC4)CC3)c(OC(F)(F)F)c2)cn(C)c(=O)c1C. The minimum Gasteiger partial charge on any atom is -0.405 e. The molecule has 4 heterocycles. The highest BCUT2D eigenvalue weighted by atomic mass is 35.5. The van der Waals surface area contributed by atoms with Crippen LogP contribution in [-0.4, -0.2) is 59.9 Å². The van der Waals surface area contributed by atoms with E-state index in [2.05, 4.69) is 25.2 Å². The molecule has 3 fully saturated rings. The quantitative estimate of drug-likeness (QED) is 0.255. The van der Waals surface area contributed by atoms with Gasteiger partial charge >= 0.3 is 6.36 Å². The van der Waals surface area contributed by atoms with Gasteiger partial charge in [-0.15, -0.1) is 13.2 Å². The van der Waals surface area contributed by atoms with Crippen LogP contribution >= 0.6 is 11.6 Å². The van der Waals surface area contributed by atoms with E-state index in [4.69, 9.17) is 11.6 Å². The van der Waals surface area contributed by atoms with Crippen molar-refractivity contribution in [1.29, 1.82) is 0 Å². The Morgan fingerprint density at radius 3 is 2.24 bits per heavy atom. The van der Waals surface area contributed by atoms with Crippen LogP contribution in [0.1, 0.15) is 55.2 Å². The van der Waals surface area contributed by atoms with Gasteiger partial charge in [0.25, 0.3) is 5.56 Å². The lowest BCUT2D eigenvalue weighted by Crippen LogP contribution is -2.47. The number of rotatable bonds is 8. The maximum atomic E-state index is 13.5. The summed E-state index contributed by atoms with van der Waals surface area (Å²) >= 11 is 6.69. The van der Waals surface area contributed by atoms with Gasteiger partial charge in [-0.05, 0) is 106 Å². The fraction of sp³-hybridized carbons (Fsp3) is 0.486. The number of ether oxygens (including phenoxy) is 1. The zero-order valence-corrected chi connectivity index (χ0v) is 29.3. The zero-order valence-electron chi connectivity index (χ0n) is 28.5. The molecule has 50 heavy (non-hydrogen) atoms. The highest BCUT2D eigenvalue weighted by Gasteiger charge is 2.34. The Kier molecular flexibility index (Phi) is 10.5. The fourth-order valence-corrected chi connectivity index (χ4v) is 7.96. The number of nitrogens with zero attached hydrogens (tertiary/aromatic N) is 3. The number of halogens is 4. The van der Waals surface area contributed by atoms with Gasteiger partial charge in [-0.3, -0.25) is 24.6 Å². The Balaban J connectivity index is 1.04. The molecule has 6 rings (SSSR count). The maximum absolute atomic E-state index is 13.5. The van der Waals surface area contributed by atoms with Crippen molar-refractivity contribution in [3.8, 4) is 16.9 Å². The molecule has 1 atom stereocenters. The molecule has 2 amide bonds. The first-order valence-electron chi connectivity index (χ1n) is 17.2. The van der Waals surface area contributed by atoms with E-state index in [0.717, 1.165) is 68.8 Å². The van der Waals surface area contributed by atoms with Crippen molar-refractivity contribution in [2.75, 3.05) is 36.4 Å². The van der Waals surface area contributed by atoms with Crippen molar-refractivity contribution in [2.24, 2.45) is 18.9 Å². The number of hydrogen-bond donors (Lipinski definition) is 2. The van der Waals surface area contributed by atoms with E-state index >= 15 is 0 Å². The molecular weight excluding hydrogens is 671 g/mol. The lowest BCUT2D eigenvalue weighted by molar-refractivity contribution is -0.275. The van der Waals surface area contributed by atoms with E-state index in [9.17, 15) is 27.6 Å². The number of aryl methyl sites for hydroxylation is 1. The summed E-state index contributed by atoms with van der Waals surface area (Å²) in [7, 11) is 1.63. The van der Waals surface area contributed by atoms with Crippen molar-refractivity contribution in [1.82, 2.24) is 14.8 Å². The van der Waals surface area contributed by atoms with Crippen molar-refractivity contribution >= 4 is 34.8 Å². The molecule has 3 aliphatic rings. The number of pyridine rings is 1. The molecule has 9 nitrogen and oxygen atoms in total. The lowest BCUT2D eigenvalue weighted by atomic mass is 9.78. The first-order chi connectivity index (χ1) is 23.8. The molecule has 3 saturated heterocycles. The van der Waals surface area contributed by atoms with Crippen LogP contribution in [0, 0.1) is 25.7 Å². The molecule has 0 bridgehead atoms. The smallest absolute Gasteiger partial charge is 0.405 e. The molecule has 13 heteroatoms. The molecule has 0 spiro atoms. The Morgan fingerprint density at radius 2 is 1.60 bits per heavy atom. The molecular formula is C37H43ClF3N5O4. The summed E-state index contributed by atoms with van der Waals surface area (Å²) in [6, 6.07) is 10.2. The van der Waals surface area contributed by atoms with Crippen molar-refractivity contribution in [2.45, 2.75) is 71.3 Å². The van der Waals surface area contributed by atoms with Crippen molar-refractivity contribution in [3.05, 3.63) is 74.7 Å². The summed E-state index contributed by atoms with van der Waals surface area (Å²) in [5, 5.41) is 6.15. The van der Waals surface area contributed by atoms with Gasteiger partial charge in [0.15, 0.2) is 0 Å². The van der Waals surface area contributed by atoms with E-state index in [1.54, 1.807) is 39.2 Å². The molecule has 3 aromatic rings. The number of alkyl halides is 3. The average Bonchev–Trinajstić information content (AvgIpc) is 3.07. The van der Waals surface area contributed by atoms with E-state index < -0.39 is 12.4 Å². The molecule has 2 aromatic carbocycles. The molecule has 1 unspecified atom stereocenters. The normalized spacial score (nSPS) is 19.8. The van der Waals surface area contributed by atoms with Crippen LogP contribution in [0.2, 0.25) is 5.02 Å². The van der Waals surface area contributed by atoms with E-state index in [1.807, 2.05) is 18.2 Å². The summed E-state index contributed by atoms with van der Waals surface area (Å²) in [5.41, 5.74) is 4.57. The van der Waals surface area contributed by atoms with E-state index in [-0.39, 0.29) is 23.1 Å². The third-order valence-electron chi connectivity index (χ3n) is 10.6. The Bertz CT molecular complexity index is 1810. The second-order valence-electron chi connectivity index (χ2n) is 13.8. The van der Waals surface area contributed by atoms with Crippen LogP contribution in [0.15, 0.2) is 47.4 Å². The number of hydrogen-bond acceptors (Lipinski definition) is 7. The Morgan fingerprint density at radius 1 is 0.920 bits per heavy atom. The van der Waals surface area contributed by atoms with Gasteiger partial charge in [0.2, 0.25) is 11.8 Å². The van der Waals surface area contributed by atoms with Gasteiger partial charge in [0.1, 0.15) is 11.8 Å². The molecule has 3 aliphatic heterocycles. The molecule has 1 aromatic heterocycles. The van der Waals surface area contributed by atoms with Gasteiger partial charge in [-0.2, -0.15) is 0 Å². The average molecular weight is 714 g/mol. The number of piperidine rings is 3. The number of aromatic nitrogens is 1. The highest BCUT2D eigenvalue weighted by molar-refractivity contribution is 6.33. The molecule has 2 N–H and O–H groups in total. The minimum absolute atomic E-state index is 0.138. The van der Waals surface area contributed by atoms with Gasteiger partial charge in [-0.1, -0.05) is 23.7 Å². The third-order valence-corrected chi connectivity index (χ3v) is 10.9. The molecule has 0 radical (unpaired) electrons. The predicted molar refractivity (Wildman–Crippen MR) is 187 cm³/mol. The van der Waals surface area contributed by atoms with E-state index in [1.165, 1.54) is 10.6 Å². The summed E-state index contributed by atoms with van der Waals surface area (Å²) < 4.78 is 46.5. The number of benzene rings is 2. The molecule has 268 valence electrons. The number of imide groups is 1. The molecule has 0 saturated carbocycles. The minimum atomic E-state index is -4.83. The van der Waals surface area contributed by atoms with Gasteiger partial charge in [-0.25, -0.2) is 0 Å². The van der Waals surface area contributed by atoms with Gasteiger partial charge < -0.3 is 19.5 Å². The maximum Gasteiger partial charge on any atom is 0.573 e. The first kappa shape index (κ1) is 35.8. The lowest BCUT2D eigenvalue weighted by Gasteiger charge is -2.41. The Hall–Kier alpha value is -4.03. The predicted octanol–water partition coefficient (Wildman–Crippen LogP) is 6.57. The largest absolute Gasteiger partial charge is 0.573 e. The second-order valence-corrected chi connectivity index (χ2v) is 14.2. The second kappa shape index (κ2) is 14.7. The summed E-state index contributed by atoms with van der Waals surface area (Å²) in [4.78, 5) is 40.4. The van der Waals surface area contributed by atoms with Crippen molar-refractivity contribution in [3.63, 3.8) is 0 Å². The van der Waals surface area contributed by atoms with Crippen LogP contribution in [0.5, 0.6) is 5.75 Å². The zero-order chi connectivity index (χ0) is 35.7. The van der Waals surface area contributed by atoms with Crippen LogP contribution < -0.4 is 25.8 Å². The number of anilines is 2. The van der Waals surface area contributed by atoms with E-state index in [0.29, 0.717) is 58.5 Å². The summed E-state index contributed by atoms with van der Waals surface area (Å²) in [6.45, 7) is 7.23. The summed E-state index contributed by atoms with van der Waals surface area (Å²) in [6.07, 6.45) is 1.60. The number of nitrogens with one attached hydrogen (secondary N) is 2. The van der Waals surface area contributed by atoms with Gasteiger partial charge in [0.05, 0.1) is 10.7 Å². The van der Waals surface area contributed by atoms with Crippen LogP contribution in [-0.2, 0) is 23.2 Å². The number of carbonyl (C=O) groups is 2. The standard InChI is InChI=1S/C37H43ClF3N5O4/c1-22-23(2)36(49)44(3)21-29(22)26-4-5-27(33(18-26)50-37(39,40)41)20-45-14-10-24(11-15-45)25-12-16-46(17-13-25)32-8-6-28(19-30(32)38)42-31-7-9-34(47)43-35(31)48/h4-6,8,18-19,21,24-25,31,42H,7,9-17,20H2,1-3H3,(H,43,47,48). The number of carbonyl (C=O) groups excluding carboxylic acids is 2. The Labute approximate surface area is 294 Å². The van der Waals surface area contributed by atoms with Crippen molar-refractivity contribution < 1.29 is 27.5 Å². The monoisotopic (exact) mass is 713 g/mol. The summed E-state index contributed by atoms with van der Waals surface area (Å²) in [5.74, 6) is 0.323. The fourth-order valence-electron chi connectivity index (χ4n) is 7.66. The highest BCUT2D eigenvalue weighted by Crippen LogP contribution is 2.38. The number of amides is 2. The van der Waals surface area contributed by atoms with Gasteiger partial charge in [0, 0.05) is 61.7 Å².